The first-order valence-electron chi connectivity index (χ1n) is 10.9. The van der Waals surface area contributed by atoms with E-state index >= 15 is 0 Å². The number of methoxy groups -OCH3 is 2. The van der Waals surface area contributed by atoms with Crippen molar-refractivity contribution in [2.75, 3.05) is 20.0 Å². The van der Waals surface area contributed by atoms with Gasteiger partial charge in [0.2, 0.25) is 0 Å². The molecule has 0 bridgehead atoms. The number of ether oxygens (including phenoxy) is 2. The van der Waals surface area contributed by atoms with Gasteiger partial charge in [0.05, 0.1) is 31.0 Å². The van der Waals surface area contributed by atoms with E-state index in [0.29, 0.717) is 40.4 Å². The molecule has 1 aromatic heterocycles. The largest absolute Gasteiger partial charge is 0.496 e. The third kappa shape index (κ3) is 4.74. The number of nitrogens with two attached hydrogens (primary N) is 1. The number of anilines is 1. The van der Waals surface area contributed by atoms with Crippen LogP contribution in [0.4, 0.5) is 5.82 Å². The number of amides is 1. The summed E-state index contributed by atoms with van der Waals surface area (Å²) in [4.78, 5) is 24.2. The van der Waals surface area contributed by atoms with E-state index in [4.69, 9.17) is 15.2 Å². The minimum Gasteiger partial charge on any atom is -0.496 e. The molecule has 1 heterocycles. The van der Waals surface area contributed by atoms with E-state index in [2.05, 4.69) is 16.5 Å². The number of carbonyl (C=O) groups excluding carboxylic acids is 2. The van der Waals surface area contributed by atoms with Gasteiger partial charge in [-0.3, -0.25) is 4.79 Å². The molecule has 3 N–H and O–H groups in total. The van der Waals surface area contributed by atoms with Crippen LogP contribution in [0, 0.1) is 11.3 Å². The number of nitrogens with one attached hydrogen (secondary N) is 1. The molecule has 9 heteroatoms. The number of esters is 1. The average Bonchev–Trinajstić information content (AvgIpc) is 3.27. The number of nitrogen functional groups attached to an aromatic ring is 1. The van der Waals surface area contributed by atoms with Crippen LogP contribution in [-0.2, 0) is 11.3 Å². The Balaban J connectivity index is 1.53. The quantitative estimate of drug-likeness (QED) is 0.385. The highest BCUT2D eigenvalue weighted by Crippen LogP contribution is 2.29. The molecule has 0 unspecified atom stereocenters. The van der Waals surface area contributed by atoms with Gasteiger partial charge >= 0.3 is 5.97 Å². The Kier molecular flexibility index (Phi) is 6.97. The van der Waals surface area contributed by atoms with Gasteiger partial charge < -0.3 is 20.5 Å². The first-order chi connectivity index (χ1) is 17.5. The summed E-state index contributed by atoms with van der Waals surface area (Å²) >= 11 is 0. The zero-order valence-electron chi connectivity index (χ0n) is 19.7. The van der Waals surface area contributed by atoms with Gasteiger partial charge in [0.25, 0.3) is 5.91 Å². The van der Waals surface area contributed by atoms with E-state index in [1.165, 1.54) is 18.9 Å². The Morgan fingerprint density at radius 1 is 1.03 bits per heavy atom. The van der Waals surface area contributed by atoms with Crippen molar-refractivity contribution >= 4 is 17.7 Å². The summed E-state index contributed by atoms with van der Waals surface area (Å²) in [6, 6.07) is 23.0. The van der Waals surface area contributed by atoms with Gasteiger partial charge in [-0.05, 0) is 42.0 Å². The van der Waals surface area contributed by atoms with Crippen LogP contribution in [0.1, 0.15) is 31.8 Å². The number of hydrogen-bond donors (Lipinski definition) is 2. The van der Waals surface area contributed by atoms with Crippen molar-refractivity contribution < 1.29 is 19.1 Å². The Morgan fingerprint density at radius 2 is 1.72 bits per heavy atom. The number of para-hydroxylation sites is 1. The van der Waals surface area contributed by atoms with Gasteiger partial charge in [0.15, 0.2) is 0 Å². The van der Waals surface area contributed by atoms with E-state index < -0.39 is 5.97 Å². The van der Waals surface area contributed by atoms with Crippen LogP contribution in [0.2, 0.25) is 0 Å². The van der Waals surface area contributed by atoms with E-state index in [0.717, 1.165) is 5.56 Å². The van der Waals surface area contributed by atoms with Crippen LogP contribution >= 0.6 is 0 Å². The summed E-state index contributed by atoms with van der Waals surface area (Å²) in [6.07, 6.45) is 0. The van der Waals surface area contributed by atoms with Gasteiger partial charge in [0, 0.05) is 12.1 Å². The molecule has 0 aliphatic rings. The predicted molar refractivity (Wildman–Crippen MR) is 134 cm³/mol. The molecule has 0 fully saturated rings. The molecular formula is C27H23N5O4. The summed E-state index contributed by atoms with van der Waals surface area (Å²) in [5.74, 6) is -0.00504. The lowest BCUT2D eigenvalue weighted by Gasteiger charge is -2.09. The lowest BCUT2D eigenvalue weighted by atomic mass is 10.1. The fraction of sp³-hybridized carbons (Fsp3) is 0.111. The van der Waals surface area contributed by atoms with E-state index in [1.54, 1.807) is 48.5 Å². The molecule has 0 atom stereocenters. The number of carbonyl (C=O) groups is 2. The zero-order valence-corrected chi connectivity index (χ0v) is 19.7. The highest BCUT2D eigenvalue weighted by Gasteiger charge is 2.19. The highest BCUT2D eigenvalue weighted by atomic mass is 16.5. The topological polar surface area (TPSA) is 132 Å². The molecule has 3 aromatic carbocycles. The molecule has 0 radical (unpaired) electrons. The molecule has 1 amide bonds. The molecule has 0 saturated heterocycles. The fourth-order valence-electron chi connectivity index (χ4n) is 3.69. The number of benzene rings is 3. The fourth-order valence-corrected chi connectivity index (χ4v) is 3.69. The van der Waals surface area contributed by atoms with E-state index in [9.17, 15) is 14.9 Å². The summed E-state index contributed by atoms with van der Waals surface area (Å²) < 4.78 is 11.4. The number of hydrogen-bond acceptors (Lipinski definition) is 7. The molecule has 4 aromatic rings. The van der Waals surface area contributed by atoms with Crippen LogP contribution in [-0.4, -0.2) is 35.9 Å². The molecule has 0 aliphatic heterocycles. The summed E-state index contributed by atoms with van der Waals surface area (Å²) in [7, 11) is 2.83. The minimum atomic E-state index is -0.451. The van der Waals surface area contributed by atoms with Crippen LogP contribution < -0.4 is 15.8 Å². The minimum absolute atomic E-state index is 0.187. The zero-order chi connectivity index (χ0) is 25.7. The molecule has 0 aliphatic carbocycles. The van der Waals surface area contributed by atoms with Crippen molar-refractivity contribution in [3.05, 3.63) is 95.1 Å². The van der Waals surface area contributed by atoms with Crippen molar-refractivity contribution in [2.24, 2.45) is 0 Å². The standard InChI is InChI=1S/C27H23N5O4/c1-35-23-6-4-3-5-21(23)26(33)30-16-17-7-9-18(10-8-17)24-22(15-28)25(29)32(31-24)20-13-11-19(12-14-20)27(34)36-2/h3-14H,16,29H2,1-2H3,(H,30,33). The van der Waals surface area contributed by atoms with Crippen LogP contribution in [0.15, 0.2) is 72.8 Å². The Hall–Kier alpha value is -5.10. The first-order valence-corrected chi connectivity index (χ1v) is 10.9. The van der Waals surface area contributed by atoms with Gasteiger partial charge in [-0.2, -0.15) is 10.4 Å². The molecule has 180 valence electrons. The molecule has 4 rings (SSSR count). The predicted octanol–water partition coefficient (Wildman–Crippen LogP) is 3.72. The van der Waals surface area contributed by atoms with Gasteiger partial charge in [-0.25, -0.2) is 9.48 Å². The van der Waals surface area contributed by atoms with Crippen LogP contribution in [0.3, 0.4) is 0 Å². The summed E-state index contributed by atoms with van der Waals surface area (Å²) in [6.45, 7) is 0.311. The van der Waals surface area contributed by atoms with Crippen LogP contribution in [0.25, 0.3) is 16.9 Å². The SMILES string of the molecule is COC(=O)c1ccc(-n2nc(-c3ccc(CNC(=O)c4ccccc4OC)cc3)c(C#N)c2N)cc1. The van der Waals surface area contributed by atoms with Crippen LogP contribution in [0.5, 0.6) is 5.75 Å². The Bertz CT molecular complexity index is 1450. The average molecular weight is 482 g/mol. The second-order valence-corrected chi connectivity index (χ2v) is 7.75. The molecule has 36 heavy (non-hydrogen) atoms. The van der Waals surface area contributed by atoms with Gasteiger partial charge in [-0.15, -0.1) is 0 Å². The van der Waals surface area contributed by atoms with Gasteiger partial charge in [0.1, 0.15) is 28.9 Å². The third-order valence-corrected chi connectivity index (χ3v) is 5.60. The maximum Gasteiger partial charge on any atom is 0.337 e. The second-order valence-electron chi connectivity index (χ2n) is 7.75. The van der Waals surface area contributed by atoms with E-state index in [-0.39, 0.29) is 17.3 Å². The smallest absolute Gasteiger partial charge is 0.337 e. The summed E-state index contributed by atoms with van der Waals surface area (Å²) in [5, 5.41) is 17.1. The maximum atomic E-state index is 12.5. The first kappa shape index (κ1) is 24.0. The van der Waals surface area contributed by atoms with Crippen molar-refractivity contribution in [3.63, 3.8) is 0 Å². The second kappa shape index (κ2) is 10.4. The molecular weight excluding hydrogens is 458 g/mol. The lowest BCUT2D eigenvalue weighted by Crippen LogP contribution is -2.23. The lowest BCUT2D eigenvalue weighted by molar-refractivity contribution is 0.0600. The van der Waals surface area contributed by atoms with Crippen molar-refractivity contribution in [3.8, 4) is 28.8 Å². The normalized spacial score (nSPS) is 10.4. The van der Waals surface area contributed by atoms with E-state index in [1.807, 2.05) is 24.3 Å². The molecule has 9 nitrogen and oxygen atoms in total. The van der Waals surface area contributed by atoms with Crippen molar-refractivity contribution in [1.82, 2.24) is 15.1 Å². The number of nitrogens with zero attached hydrogens (tertiary/aromatic N) is 3. The van der Waals surface area contributed by atoms with Crippen molar-refractivity contribution in [1.29, 1.82) is 5.26 Å². The Labute approximate surface area is 207 Å². The summed E-state index contributed by atoms with van der Waals surface area (Å²) in [5.41, 5.74) is 9.90. The Morgan fingerprint density at radius 3 is 2.36 bits per heavy atom. The number of aromatic nitrogens is 2. The monoisotopic (exact) mass is 481 g/mol. The van der Waals surface area contributed by atoms with Gasteiger partial charge in [-0.1, -0.05) is 36.4 Å². The third-order valence-electron chi connectivity index (χ3n) is 5.60. The molecule has 0 saturated carbocycles. The highest BCUT2D eigenvalue weighted by molar-refractivity contribution is 5.96. The van der Waals surface area contributed by atoms with Crippen molar-refractivity contribution in [2.45, 2.75) is 6.54 Å². The number of rotatable bonds is 7. The molecule has 0 spiro atoms. The maximum absolute atomic E-state index is 12.5. The number of nitriles is 1.